The van der Waals surface area contributed by atoms with E-state index < -0.39 is 11.7 Å². The SMILES string of the molecule is CCC1=CC=C(C(F)(F)F)C=CCC1C. The fraction of sp³-hybridized carbons (Fsp3) is 0.500. The second kappa shape index (κ2) is 4.69. The van der Waals surface area contributed by atoms with Crippen molar-refractivity contribution in [2.24, 2.45) is 5.92 Å². The lowest BCUT2D eigenvalue weighted by atomic mass is 9.92. The molecule has 0 bridgehead atoms. The molecule has 0 aromatic rings. The quantitative estimate of drug-likeness (QED) is 0.609. The van der Waals surface area contributed by atoms with Crippen LogP contribution in [-0.4, -0.2) is 6.18 Å². The van der Waals surface area contributed by atoms with Gasteiger partial charge in [-0.25, -0.2) is 0 Å². The zero-order chi connectivity index (χ0) is 11.5. The second-order valence-corrected chi connectivity index (χ2v) is 3.75. The largest absolute Gasteiger partial charge is 0.416 e. The van der Waals surface area contributed by atoms with Gasteiger partial charge in [0.2, 0.25) is 0 Å². The molecule has 0 aliphatic heterocycles. The number of alkyl halides is 3. The molecule has 15 heavy (non-hydrogen) atoms. The molecule has 0 amide bonds. The van der Waals surface area contributed by atoms with Gasteiger partial charge in [-0.1, -0.05) is 43.7 Å². The molecule has 1 aliphatic carbocycles. The van der Waals surface area contributed by atoms with Gasteiger partial charge in [-0.15, -0.1) is 0 Å². The maximum atomic E-state index is 12.4. The summed E-state index contributed by atoms with van der Waals surface area (Å²) in [5, 5.41) is 0. The Morgan fingerprint density at radius 3 is 2.53 bits per heavy atom. The Morgan fingerprint density at radius 1 is 1.33 bits per heavy atom. The first-order valence-electron chi connectivity index (χ1n) is 5.09. The predicted molar refractivity (Wildman–Crippen MR) is 55.4 cm³/mol. The van der Waals surface area contributed by atoms with Crippen LogP contribution in [0.3, 0.4) is 0 Å². The molecule has 0 aromatic carbocycles. The van der Waals surface area contributed by atoms with Crippen LogP contribution >= 0.6 is 0 Å². The molecule has 0 saturated heterocycles. The summed E-state index contributed by atoms with van der Waals surface area (Å²) in [5.41, 5.74) is 0.501. The Kier molecular flexibility index (Phi) is 3.77. The van der Waals surface area contributed by atoms with E-state index in [0.717, 1.165) is 12.0 Å². The van der Waals surface area contributed by atoms with Gasteiger partial charge >= 0.3 is 6.18 Å². The van der Waals surface area contributed by atoms with E-state index in [1.54, 1.807) is 12.2 Å². The normalized spacial score (nSPS) is 22.9. The topological polar surface area (TPSA) is 0 Å². The van der Waals surface area contributed by atoms with Crippen molar-refractivity contribution in [3.63, 3.8) is 0 Å². The van der Waals surface area contributed by atoms with Crippen molar-refractivity contribution >= 4 is 0 Å². The smallest absolute Gasteiger partial charge is 0.166 e. The van der Waals surface area contributed by atoms with Crippen molar-refractivity contribution in [3.05, 3.63) is 35.5 Å². The average Bonchev–Trinajstić information content (AvgIpc) is 2.10. The zero-order valence-corrected chi connectivity index (χ0v) is 8.93. The highest BCUT2D eigenvalue weighted by Crippen LogP contribution is 2.29. The third-order valence-corrected chi connectivity index (χ3v) is 2.63. The molecular weight excluding hydrogens is 201 g/mol. The van der Waals surface area contributed by atoms with Crippen molar-refractivity contribution in [2.45, 2.75) is 32.9 Å². The molecule has 1 unspecified atom stereocenters. The maximum Gasteiger partial charge on any atom is 0.416 e. The summed E-state index contributed by atoms with van der Waals surface area (Å²) in [5.74, 6) is 0.331. The predicted octanol–water partition coefficient (Wildman–Crippen LogP) is 4.41. The first-order chi connectivity index (χ1) is 6.95. The van der Waals surface area contributed by atoms with Crippen LogP contribution in [0.2, 0.25) is 0 Å². The molecule has 0 heterocycles. The minimum Gasteiger partial charge on any atom is -0.166 e. The standard InChI is InChI=1S/C12H15F3/c1-3-10-7-8-11(12(13,14)15)6-4-5-9(10)2/h4,6-9H,3,5H2,1-2H3. The summed E-state index contributed by atoms with van der Waals surface area (Å²) < 4.78 is 37.3. The van der Waals surface area contributed by atoms with E-state index in [2.05, 4.69) is 0 Å². The lowest BCUT2D eigenvalue weighted by Crippen LogP contribution is -2.11. The molecular formula is C12H15F3. The van der Waals surface area contributed by atoms with Gasteiger partial charge < -0.3 is 0 Å². The monoisotopic (exact) mass is 216 g/mol. The van der Waals surface area contributed by atoms with Crippen molar-refractivity contribution in [1.29, 1.82) is 0 Å². The number of rotatable bonds is 1. The minimum absolute atomic E-state index is 0.331. The highest BCUT2D eigenvalue weighted by Gasteiger charge is 2.31. The molecule has 1 rings (SSSR count). The molecule has 3 heteroatoms. The Balaban J connectivity index is 3.01. The zero-order valence-electron chi connectivity index (χ0n) is 8.93. The fourth-order valence-corrected chi connectivity index (χ4v) is 1.62. The van der Waals surface area contributed by atoms with Gasteiger partial charge in [0.15, 0.2) is 0 Å². The van der Waals surface area contributed by atoms with E-state index >= 15 is 0 Å². The highest BCUT2D eigenvalue weighted by atomic mass is 19.4. The molecule has 0 fully saturated rings. The van der Waals surface area contributed by atoms with Gasteiger partial charge in [0.1, 0.15) is 0 Å². The summed E-state index contributed by atoms with van der Waals surface area (Å²) >= 11 is 0. The van der Waals surface area contributed by atoms with E-state index in [1.165, 1.54) is 12.2 Å². The lowest BCUT2D eigenvalue weighted by Gasteiger charge is -2.15. The van der Waals surface area contributed by atoms with Gasteiger partial charge in [0.05, 0.1) is 5.57 Å². The number of allylic oxidation sites excluding steroid dienone is 6. The lowest BCUT2D eigenvalue weighted by molar-refractivity contribution is -0.0882. The van der Waals surface area contributed by atoms with Gasteiger partial charge in [-0.2, -0.15) is 13.2 Å². The van der Waals surface area contributed by atoms with Crippen LogP contribution in [0.5, 0.6) is 0 Å². The van der Waals surface area contributed by atoms with Gasteiger partial charge in [-0.3, -0.25) is 0 Å². The van der Waals surface area contributed by atoms with E-state index in [4.69, 9.17) is 0 Å². The molecule has 0 N–H and O–H groups in total. The highest BCUT2D eigenvalue weighted by molar-refractivity contribution is 5.32. The van der Waals surface area contributed by atoms with Crippen molar-refractivity contribution in [1.82, 2.24) is 0 Å². The number of halogens is 3. The Labute approximate surface area is 88.2 Å². The summed E-state index contributed by atoms with van der Waals surface area (Å²) in [6, 6.07) is 0. The Hall–Kier alpha value is -0.990. The molecule has 1 atom stereocenters. The first kappa shape index (κ1) is 12.1. The number of hydrogen-bond acceptors (Lipinski definition) is 0. The summed E-state index contributed by atoms with van der Waals surface area (Å²) in [4.78, 5) is 0. The van der Waals surface area contributed by atoms with Crippen LogP contribution in [0.4, 0.5) is 13.2 Å². The molecule has 1 aliphatic rings. The van der Waals surface area contributed by atoms with Gasteiger partial charge in [-0.05, 0) is 18.8 Å². The second-order valence-electron chi connectivity index (χ2n) is 3.75. The first-order valence-corrected chi connectivity index (χ1v) is 5.09. The van der Waals surface area contributed by atoms with Gasteiger partial charge in [0.25, 0.3) is 0 Å². The molecule has 0 aromatic heterocycles. The average molecular weight is 216 g/mol. The van der Waals surface area contributed by atoms with Crippen LogP contribution in [0, 0.1) is 5.92 Å². The third kappa shape index (κ3) is 3.26. The fourth-order valence-electron chi connectivity index (χ4n) is 1.62. The van der Waals surface area contributed by atoms with E-state index in [0.29, 0.717) is 12.3 Å². The van der Waals surface area contributed by atoms with E-state index in [1.807, 2.05) is 13.8 Å². The molecule has 0 saturated carbocycles. The molecule has 0 nitrogen and oxygen atoms in total. The van der Waals surface area contributed by atoms with E-state index in [-0.39, 0.29) is 0 Å². The van der Waals surface area contributed by atoms with Gasteiger partial charge in [0, 0.05) is 0 Å². The van der Waals surface area contributed by atoms with Crippen LogP contribution < -0.4 is 0 Å². The maximum absolute atomic E-state index is 12.4. The van der Waals surface area contributed by atoms with Crippen molar-refractivity contribution in [2.75, 3.05) is 0 Å². The summed E-state index contributed by atoms with van der Waals surface area (Å²) in [6.07, 6.45) is 2.78. The third-order valence-electron chi connectivity index (χ3n) is 2.63. The van der Waals surface area contributed by atoms with Crippen LogP contribution in [0.15, 0.2) is 35.5 Å². The summed E-state index contributed by atoms with van der Waals surface area (Å²) in [7, 11) is 0. The van der Waals surface area contributed by atoms with Crippen molar-refractivity contribution < 1.29 is 13.2 Å². The Morgan fingerprint density at radius 2 is 2.00 bits per heavy atom. The van der Waals surface area contributed by atoms with Crippen LogP contribution in [0.25, 0.3) is 0 Å². The number of hydrogen-bond donors (Lipinski definition) is 0. The molecule has 84 valence electrons. The van der Waals surface area contributed by atoms with Crippen LogP contribution in [0.1, 0.15) is 26.7 Å². The summed E-state index contributed by atoms with van der Waals surface area (Å²) in [6.45, 7) is 4.00. The van der Waals surface area contributed by atoms with Crippen LogP contribution in [-0.2, 0) is 0 Å². The van der Waals surface area contributed by atoms with E-state index in [9.17, 15) is 13.2 Å². The molecule has 0 radical (unpaired) electrons. The minimum atomic E-state index is -4.24. The van der Waals surface area contributed by atoms with Crippen molar-refractivity contribution in [3.8, 4) is 0 Å². The Bertz CT molecular complexity index is 305. The molecule has 0 spiro atoms.